The van der Waals surface area contributed by atoms with Gasteiger partial charge in [0.2, 0.25) is 0 Å². The topological polar surface area (TPSA) is 35.9 Å². The Hall–Kier alpha value is -0.750. The van der Waals surface area contributed by atoms with Crippen molar-refractivity contribution in [3.8, 4) is 0 Å². The van der Waals surface area contributed by atoms with Crippen molar-refractivity contribution < 1.29 is 0 Å². The van der Waals surface area contributed by atoms with Crippen molar-refractivity contribution >= 4 is 5.87 Å². The maximum absolute atomic E-state index is 6.34. The van der Waals surface area contributed by atoms with Crippen LogP contribution in [0.5, 0.6) is 0 Å². The molecule has 0 aromatic rings. The van der Waals surface area contributed by atoms with E-state index in [-0.39, 0.29) is 0 Å². The van der Waals surface area contributed by atoms with Gasteiger partial charge in [-0.1, -0.05) is 0 Å². The van der Waals surface area contributed by atoms with Gasteiger partial charge in [-0.15, -0.1) is 0 Å². The first kappa shape index (κ1) is 5.25. The molecule has 34 valence electrons. The van der Waals surface area contributed by atoms with Crippen LogP contribution >= 0.6 is 0 Å². The van der Waals surface area contributed by atoms with Gasteiger partial charge >= 0.3 is 0 Å². The Bertz CT molecular complexity index is 61.9. The molecule has 0 fully saturated rings. The molecule has 0 aliphatic carbocycles. The van der Waals surface area contributed by atoms with Crippen LogP contribution in [0.1, 0.15) is 6.92 Å². The minimum absolute atomic E-state index is 0.867. The molecule has 2 nitrogen and oxygen atoms in total. The molecule has 0 bridgehead atoms. The minimum Gasteiger partial charge on any atom is -0.384 e. The second-order valence-electron chi connectivity index (χ2n) is 0.846. The fourth-order valence-electron chi connectivity index (χ4n) is 0.153. The molecule has 2 heteroatoms. The third-order valence-corrected chi connectivity index (χ3v) is 0.378. The molecule has 0 aliphatic rings. The average molecular weight is 84.1 g/mol. The molecule has 6 heavy (non-hydrogen) atoms. The Morgan fingerprint density at radius 1 is 2.00 bits per heavy atom. The summed E-state index contributed by atoms with van der Waals surface area (Å²) < 4.78 is 0. The summed E-state index contributed by atoms with van der Waals surface area (Å²) in [5, 5.41) is 9.11. The van der Waals surface area contributed by atoms with Crippen LogP contribution < -0.4 is 5.32 Å². The lowest BCUT2D eigenvalue weighted by Crippen LogP contribution is -2.00. The zero-order chi connectivity index (χ0) is 4.83. The van der Waals surface area contributed by atoms with Crippen LogP contribution in [0.3, 0.4) is 0 Å². The highest BCUT2D eigenvalue weighted by molar-refractivity contribution is 5.46. The summed E-state index contributed by atoms with van der Waals surface area (Å²) in [4.78, 5) is 0. The highest BCUT2D eigenvalue weighted by Crippen LogP contribution is 1.46. The van der Waals surface area contributed by atoms with Crippen molar-refractivity contribution in [2.24, 2.45) is 0 Å². The molecule has 0 spiro atoms. The predicted octanol–water partition coefficient (Wildman–Crippen LogP) is 0.358. The quantitative estimate of drug-likeness (QED) is 0.465. The van der Waals surface area contributed by atoms with Crippen LogP contribution in [-0.2, 0) is 0 Å². The first-order valence-electron chi connectivity index (χ1n) is 1.89. The SMILES string of the molecule is CCNC=C=N. The van der Waals surface area contributed by atoms with Crippen LogP contribution in [0.25, 0.3) is 0 Å². The van der Waals surface area contributed by atoms with Gasteiger partial charge in [-0.05, 0) is 12.8 Å². The van der Waals surface area contributed by atoms with E-state index < -0.39 is 0 Å². The van der Waals surface area contributed by atoms with E-state index in [1.54, 1.807) is 0 Å². The number of hydrogen-bond donors (Lipinski definition) is 2. The summed E-state index contributed by atoms with van der Waals surface area (Å²) in [6, 6.07) is 0. The third kappa shape index (κ3) is 3.25. The second-order valence-corrected chi connectivity index (χ2v) is 0.846. The first-order chi connectivity index (χ1) is 2.91. The second kappa shape index (κ2) is 4.25. The monoisotopic (exact) mass is 84.1 g/mol. The van der Waals surface area contributed by atoms with Gasteiger partial charge in [-0.25, -0.2) is 0 Å². The van der Waals surface area contributed by atoms with Crippen LogP contribution in [0.2, 0.25) is 0 Å². The fraction of sp³-hybridized carbons (Fsp3) is 0.500. The predicted molar refractivity (Wildman–Crippen MR) is 26.0 cm³/mol. The van der Waals surface area contributed by atoms with Gasteiger partial charge in [-0.2, -0.15) is 0 Å². The summed E-state index contributed by atoms with van der Waals surface area (Å²) in [7, 11) is 0. The van der Waals surface area contributed by atoms with Crippen molar-refractivity contribution in [2.75, 3.05) is 6.54 Å². The van der Waals surface area contributed by atoms with Gasteiger partial charge in [0.1, 0.15) is 0 Å². The number of hydrogen-bond acceptors (Lipinski definition) is 2. The van der Waals surface area contributed by atoms with Crippen molar-refractivity contribution in [3.63, 3.8) is 0 Å². The maximum atomic E-state index is 6.34. The molecule has 0 amide bonds. The van der Waals surface area contributed by atoms with E-state index >= 15 is 0 Å². The maximum Gasteiger partial charge on any atom is 0.0589 e. The number of nitrogens with one attached hydrogen (secondary N) is 2. The smallest absolute Gasteiger partial charge is 0.0589 e. The Kier molecular flexibility index (Phi) is 3.72. The molecule has 0 atom stereocenters. The van der Waals surface area contributed by atoms with Crippen LogP contribution in [0.15, 0.2) is 6.20 Å². The molecule has 0 radical (unpaired) electrons. The Morgan fingerprint density at radius 3 is 2.83 bits per heavy atom. The summed E-state index contributed by atoms with van der Waals surface area (Å²) in [6.45, 7) is 2.83. The third-order valence-electron chi connectivity index (χ3n) is 0.378. The van der Waals surface area contributed by atoms with E-state index in [1.165, 1.54) is 6.20 Å². The summed E-state index contributed by atoms with van der Waals surface area (Å²) >= 11 is 0. The molecule has 0 saturated carbocycles. The molecule has 0 unspecified atom stereocenters. The van der Waals surface area contributed by atoms with Gasteiger partial charge in [-0.3, -0.25) is 5.41 Å². The molecule has 0 aliphatic heterocycles. The van der Waals surface area contributed by atoms with E-state index in [1.807, 2.05) is 6.92 Å². The highest BCUT2D eigenvalue weighted by atomic mass is 14.8. The van der Waals surface area contributed by atoms with Gasteiger partial charge in [0.05, 0.1) is 6.20 Å². The Morgan fingerprint density at radius 2 is 2.67 bits per heavy atom. The molecule has 0 heterocycles. The summed E-state index contributed by atoms with van der Waals surface area (Å²) in [5.41, 5.74) is 0. The van der Waals surface area contributed by atoms with Crippen molar-refractivity contribution in [3.05, 3.63) is 6.20 Å². The molecular formula is C4H8N2. The van der Waals surface area contributed by atoms with Gasteiger partial charge < -0.3 is 5.32 Å². The lowest BCUT2D eigenvalue weighted by molar-refractivity contribution is 0.926. The van der Waals surface area contributed by atoms with E-state index in [2.05, 4.69) is 11.2 Å². The zero-order valence-electron chi connectivity index (χ0n) is 3.78. The molecule has 2 N–H and O–H groups in total. The molecular weight excluding hydrogens is 76.1 g/mol. The van der Waals surface area contributed by atoms with Crippen LogP contribution in [0, 0.1) is 5.41 Å². The van der Waals surface area contributed by atoms with E-state index in [4.69, 9.17) is 5.41 Å². The standard InChI is InChI=1S/C4H8N2/c1-2-6-4-3-5/h4-6H,2H2,1H3. The number of rotatable bonds is 2. The summed E-state index contributed by atoms with van der Waals surface area (Å²) in [5.74, 6) is 2.08. The summed E-state index contributed by atoms with van der Waals surface area (Å²) in [6.07, 6.45) is 1.47. The van der Waals surface area contributed by atoms with Gasteiger partial charge in [0, 0.05) is 6.54 Å². The lowest BCUT2D eigenvalue weighted by atomic mass is 10.7. The van der Waals surface area contributed by atoms with Gasteiger partial charge in [0.15, 0.2) is 0 Å². The van der Waals surface area contributed by atoms with Gasteiger partial charge in [0.25, 0.3) is 0 Å². The van der Waals surface area contributed by atoms with Crippen molar-refractivity contribution in [1.82, 2.24) is 5.32 Å². The molecule has 0 saturated heterocycles. The lowest BCUT2D eigenvalue weighted by Gasteiger charge is -1.82. The minimum atomic E-state index is 0.867. The fourth-order valence-corrected chi connectivity index (χ4v) is 0.153. The Labute approximate surface area is 37.4 Å². The van der Waals surface area contributed by atoms with Crippen molar-refractivity contribution in [2.45, 2.75) is 6.92 Å². The average Bonchev–Trinajstić information content (AvgIpc) is 1.61. The molecule has 0 rings (SSSR count). The van der Waals surface area contributed by atoms with Crippen LogP contribution in [-0.4, -0.2) is 12.4 Å². The largest absolute Gasteiger partial charge is 0.384 e. The Balaban J connectivity index is 2.86. The van der Waals surface area contributed by atoms with Crippen molar-refractivity contribution in [1.29, 1.82) is 5.41 Å². The van der Waals surface area contributed by atoms with E-state index in [0.29, 0.717) is 0 Å². The molecule has 0 aromatic heterocycles. The zero-order valence-corrected chi connectivity index (χ0v) is 3.78. The van der Waals surface area contributed by atoms with E-state index in [0.717, 1.165) is 6.54 Å². The highest BCUT2D eigenvalue weighted by Gasteiger charge is 1.57. The normalized spacial score (nSPS) is 6.17. The molecule has 0 aromatic carbocycles. The van der Waals surface area contributed by atoms with E-state index in [9.17, 15) is 0 Å². The van der Waals surface area contributed by atoms with Crippen LogP contribution in [0.4, 0.5) is 0 Å². The first-order valence-corrected chi connectivity index (χ1v) is 1.89.